The molecule has 0 amide bonds. The second kappa shape index (κ2) is 9.06. The Bertz CT molecular complexity index is 739. The third kappa shape index (κ3) is 5.48. The van der Waals surface area contributed by atoms with E-state index in [9.17, 15) is 0 Å². The van der Waals surface area contributed by atoms with Gasteiger partial charge in [0.15, 0.2) is 10.3 Å². The molecule has 10 heteroatoms. The summed E-state index contributed by atoms with van der Waals surface area (Å²) in [5.74, 6) is 1.28. The molecule has 0 bridgehead atoms. The zero-order chi connectivity index (χ0) is 18.4. The molecule has 0 spiro atoms. The standard InChI is InChI=1S/C16H21N7OS2/c1-11(2)19-15(25)22-14-20-12(23-6-8-24-9-7-23)10-13(21-14)26-16-17-4-3-5-18-16/h3-5,10-11H,6-9H2,1-2H3,(H2,19,20,21,22,25). The third-order valence-electron chi connectivity index (χ3n) is 3.41. The summed E-state index contributed by atoms with van der Waals surface area (Å²) < 4.78 is 5.43. The molecule has 0 aliphatic carbocycles. The van der Waals surface area contributed by atoms with Crippen LogP contribution in [0.15, 0.2) is 34.7 Å². The van der Waals surface area contributed by atoms with Crippen LogP contribution < -0.4 is 15.5 Å². The summed E-state index contributed by atoms with van der Waals surface area (Å²) in [7, 11) is 0. The summed E-state index contributed by atoms with van der Waals surface area (Å²) in [4.78, 5) is 19.8. The van der Waals surface area contributed by atoms with E-state index in [1.54, 1.807) is 18.5 Å². The van der Waals surface area contributed by atoms with Crippen molar-refractivity contribution in [3.63, 3.8) is 0 Å². The minimum Gasteiger partial charge on any atom is -0.378 e. The Morgan fingerprint density at radius 2 is 1.96 bits per heavy atom. The maximum Gasteiger partial charge on any atom is 0.232 e. The van der Waals surface area contributed by atoms with Crippen LogP contribution in [0.1, 0.15) is 13.8 Å². The SMILES string of the molecule is CC(C)NC(=S)Nc1nc(Sc2ncccn2)cc(N2CCOCC2)n1. The maximum atomic E-state index is 5.43. The molecule has 2 aromatic heterocycles. The lowest BCUT2D eigenvalue weighted by atomic mass is 10.4. The Morgan fingerprint density at radius 1 is 1.23 bits per heavy atom. The fraction of sp³-hybridized carbons (Fsp3) is 0.438. The van der Waals surface area contributed by atoms with Gasteiger partial charge in [-0.3, -0.25) is 0 Å². The molecule has 0 aromatic carbocycles. The van der Waals surface area contributed by atoms with Crippen LogP contribution in [0, 0.1) is 0 Å². The molecule has 138 valence electrons. The molecular formula is C16H21N7OS2. The number of rotatable bonds is 5. The van der Waals surface area contributed by atoms with E-state index in [1.165, 1.54) is 11.8 Å². The van der Waals surface area contributed by atoms with Gasteiger partial charge < -0.3 is 20.3 Å². The first-order valence-electron chi connectivity index (χ1n) is 8.34. The van der Waals surface area contributed by atoms with Gasteiger partial charge in [-0.1, -0.05) is 0 Å². The molecule has 1 aliphatic rings. The van der Waals surface area contributed by atoms with Crippen LogP contribution in [0.5, 0.6) is 0 Å². The topological polar surface area (TPSA) is 88.1 Å². The fourth-order valence-corrected chi connectivity index (χ4v) is 3.34. The van der Waals surface area contributed by atoms with Crippen molar-refractivity contribution in [1.29, 1.82) is 0 Å². The molecule has 0 radical (unpaired) electrons. The van der Waals surface area contributed by atoms with Crippen molar-refractivity contribution in [2.24, 2.45) is 0 Å². The van der Waals surface area contributed by atoms with Gasteiger partial charge in [0.25, 0.3) is 0 Å². The fourth-order valence-electron chi connectivity index (χ4n) is 2.31. The second-order valence-electron chi connectivity index (χ2n) is 5.87. The molecule has 1 saturated heterocycles. The first-order valence-corrected chi connectivity index (χ1v) is 9.57. The van der Waals surface area contributed by atoms with E-state index in [0.717, 1.165) is 23.9 Å². The van der Waals surface area contributed by atoms with Crippen molar-refractivity contribution in [2.45, 2.75) is 30.1 Å². The van der Waals surface area contributed by atoms with Crippen LogP contribution in [0.2, 0.25) is 0 Å². The van der Waals surface area contributed by atoms with Crippen LogP contribution in [0.4, 0.5) is 11.8 Å². The minimum absolute atomic E-state index is 0.226. The molecule has 0 unspecified atom stereocenters. The number of morpholine rings is 1. The van der Waals surface area contributed by atoms with E-state index in [-0.39, 0.29) is 6.04 Å². The molecule has 0 atom stereocenters. The molecule has 2 N–H and O–H groups in total. The van der Waals surface area contributed by atoms with Crippen LogP contribution in [0.3, 0.4) is 0 Å². The molecule has 1 fully saturated rings. The zero-order valence-corrected chi connectivity index (χ0v) is 16.3. The number of aromatic nitrogens is 4. The van der Waals surface area contributed by atoms with Crippen molar-refractivity contribution in [2.75, 3.05) is 36.5 Å². The molecule has 0 saturated carbocycles. The average molecular weight is 392 g/mol. The number of hydrogen-bond donors (Lipinski definition) is 2. The largest absolute Gasteiger partial charge is 0.378 e. The number of anilines is 2. The average Bonchev–Trinajstić information content (AvgIpc) is 2.62. The van der Waals surface area contributed by atoms with E-state index in [1.807, 2.05) is 19.9 Å². The Kier molecular flexibility index (Phi) is 6.53. The Balaban J connectivity index is 1.84. The molecule has 8 nitrogen and oxygen atoms in total. The van der Waals surface area contributed by atoms with Crippen molar-refractivity contribution in [1.82, 2.24) is 25.3 Å². The summed E-state index contributed by atoms with van der Waals surface area (Å²) in [5, 5.41) is 8.08. The van der Waals surface area contributed by atoms with Gasteiger partial charge in [-0.2, -0.15) is 4.98 Å². The molecular weight excluding hydrogens is 370 g/mol. The molecule has 3 heterocycles. The molecule has 1 aliphatic heterocycles. The van der Waals surface area contributed by atoms with Crippen molar-refractivity contribution in [3.8, 4) is 0 Å². The van der Waals surface area contributed by atoms with Crippen LogP contribution >= 0.6 is 24.0 Å². The normalized spacial score (nSPS) is 14.3. The lowest BCUT2D eigenvalue weighted by Crippen LogP contribution is -2.37. The van der Waals surface area contributed by atoms with Gasteiger partial charge in [-0.05, 0) is 43.9 Å². The van der Waals surface area contributed by atoms with Crippen LogP contribution in [0.25, 0.3) is 0 Å². The Morgan fingerprint density at radius 3 is 2.65 bits per heavy atom. The highest BCUT2D eigenvalue weighted by Crippen LogP contribution is 2.27. The highest BCUT2D eigenvalue weighted by Gasteiger charge is 2.16. The monoisotopic (exact) mass is 391 g/mol. The smallest absolute Gasteiger partial charge is 0.232 e. The number of nitrogens with one attached hydrogen (secondary N) is 2. The van der Waals surface area contributed by atoms with E-state index in [2.05, 4.69) is 35.5 Å². The van der Waals surface area contributed by atoms with E-state index < -0.39 is 0 Å². The summed E-state index contributed by atoms with van der Waals surface area (Å²) >= 11 is 6.70. The van der Waals surface area contributed by atoms with Crippen molar-refractivity contribution < 1.29 is 4.74 Å². The maximum absolute atomic E-state index is 5.43. The predicted octanol–water partition coefficient (Wildman–Crippen LogP) is 1.95. The van der Waals surface area contributed by atoms with Crippen LogP contribution in [-0.4, -0.2) is 57.4 Å². The highest BCUT2D eigenvalue weighted by molar-refractivity contribution is 7.99. The lowest BCUT2D eigenvalue weighted by Gasteiger charge is -2.28. The highest BCUT2D eigenvalue weighted by atomic mass is 32.2. The minimum atomic E-state index is 0.226. The first-order chi connectivity index (χ1) is 12.6. The van der Waals surface area contributed by atoms with Gasteiger partial charge in [-0.15, -0.1) is 0 Å². The van der Waals surface area contributed by atoms with E-state index in [0.29, 0.717) is 29.4 Å². The Hall–Kier alpha value is -2.04. The molecule has 3 rings (SSSR count). The number of thiocarbonyl (C=S) groups is 1. The van der Waals surface area contributed by atoms with E-state index in [4.69, 9.17) is 17.0 Å². The summed E-state index contributed by atoms with van der Waals surface area (Å²) in [6.07, 6.45) is 3.42. The van der Waals surface area contributed by atoms with Gasteiger partial charge >= 0.3 is 0 Å². The number of nitrogens with zero attached hydrogens (tertiary/aromatic N) is 5. The van der Waals surface area contributed by atoms with Crippen LogP contribution in [-0.2, 0) is 4.74 Å². The third-order valence-corrected chi connectivity index (χ3v) is 4.44. The second-order valence-corrected chi connectivity index (χ2v) is 7.27. The molecule has 26 heavy (non-hydrogen) atoms. The van der Waals surface area contributed by atoms with Crippen molar-refractivity contribution in [3.05, 3.63) is 24.5 Å². The van der Waals surface area contributed by atoms with Gasteiger partial charge in [0.1, 0.15) is 10.8 Å². The van der Waals surface area contributed by atoms with E-state index >= 15 is 0 Å². The first kappa shape index (κ1) is 18.7. The van der Waals surface area contributed by atoms with Gasteiger partial charge in [0.2, 0.25) is 5.95 Å². The summed E-state index contributed by atoms with van der Waals surface area (Å²) in [6, 6.07) is 3.95. The summed E-state index contributed by atoms with van der Waals surface area (Å²) in [6.45, 7) is 6.99. The Labute approximate surface area is 162 Å². The zero-order valence-electron chi connectivity index (χ0n) is 14.7. The van der Waals surface area contributed by atoms with Gasteiger partial charge in [0, 0.05) is 37.6 Å². The number of hydrogen-bond acceptors (Lipinski definition) is 8. The van der Waals surface area contributed by atoms with Gasteiger partial charge in [0.05, 0.1) is 13.2 Å². The quantitative estimate of drug-likeness (QED) is 0.448. The van der Waals surface area contributed by atoms with Gasteiger partial charge in [-0.25, -0.2) is 15.0 Å². The summed E-state index contributed by atoms with van der Waals surface area (Å²) in [5.41, 5.74) is 0. The lowest BCUT2D eigenvalue weighted by molar-refractivity contribution is 0.122. The van der Waals surface area contributed by atoms with Crippen molar-refractivity contribution >= 4 is 40.9 Å². The number of ether oxygens (including phenoxy) is 1. The predicted molar refractivity (Wildman–Crippen MR) is 106 cm³/mol. The molecule has 2 aromatic rings.